The van der Waals surface area contributed by atoms with Gasteiger partial charge in [0.2, 0.25) is 5.69 Å². The molecule has 0 fully saturated rings. The number of para-hydroxylation sites is 1. The molecule has 1 aliphatic rings. The van der Waals surface area contributed by atoms with Gasteiger partial charge in [-0.25, -0.2) is 0 Å². The minimum absolute atomic E-state index is 0.0330. The van der Waals surface area contributed by atoms with E-state index in [9.17, 15) is 4.79 Å². The zero-order valence-corrected chi connectivity index (χ0v) is 12.2. The Balaban J connectivity index is 2.25. The molecule has 0 unspecified atom stereocenters. The van der Waals surface area contributed by atoms with Gasteiger partial charge in [0.15, 0.2) is 12.3 Å². The summed E-state index contributed by atoms with van der Waals surface area (Å²) in [7, 11) is 0. The first kappa shape index (κ1) is 13.8. The predicted molar refractivity (Wildman–Crippen MR) is 76.2 cm³/mol. The SMILES string of the molecule is CCOC(=O)CC[N+]1=C(C)C(C)(C)c2ccccc21. The predicted octanol–water partition coefficient (Wildman–Crippen LogP) is 3.04. The number of benzene rings is 1. The Kier molecular flexibility index (Phi) is 3.74. The van der Waals surface area contributed by atoms with Gasteiger partial charge in [0, 0.05) is 18.6 Å². The number of esters is 1. The Morgan fingerprint density at radius 2 is 2.00 bits per heavy atom. The van der Waals surface area contributed by atoms with Crippen LogP contribution in [0.4, 0.5) is 5.69 Å². The minimum Gasteiger partial charge on any atom is -0.466 e. The summed E-state index contributed by atoms with van der Waals surface area (Å²) in [4.78, 5) is 11.5. The van der Waals surface area contributed by atoms with Crippen LogP contribution in [0.15, 0.2) is 24.3 Å². The van der Waals surface area contributed by atoms with Crippen molar-refractivity contribution in [3.05, 3.63) is 29.8 Å². The average molecular weight is 260 g/mol. The van der Waals surface area contributed by atoms with E-state index in [0.717, 1.165) is 0 Å². The van der Waals surface area contributed by atoms with E-state index in [4.69, 9.17) is 4.74 Å². The molecule has 0 aliphatic carbocycles. The van der Waals surface area contributed by atoms with Gasteiger partial charge in [-0.3, -0.25) is 4.79 Å². The lowest BCUT2D eigenvalue weighted by Gasteiger charge is -2.14. The third-order valence-corrected chi connectivity index (χ3v) is 4.02. The van der Waals surface area contributed by atoms with Crippen molar-refractivity contribution in [3.63, 3.8) is 0 Å². The fourth-order valence-electron chi connectivity index (χ4n) is 2.67. The van der Waals surface area contributed by atoms with Crippen molar-refractivity contribution in [1.29, 1.82) is 0 Å². The molecule has 0 amide bonds. The smallest absolute Gasteiger partial charge is 0.312 e. The van der Waals surface area contributed by atoms with Crippen LogP contribution in [-0.2, 0) is 14.9 Å². The lowest BCUT2D eigenvalue weighted by molar-refractivity contribution is -0.438. The van der Waals surface area contributed by atoms with Crippen molar-refractivity contribution in [2.24, 2.45) is 0 Å². The number of hydrogen-bond donors (Lipinski definition) is 0. The fourth-order valence-corrected chi connectivity index (χ4v) is 2.67. The van der Waals surface area contributed by atoms with Gasteiger partial charge < -0.3 is 4.74 Å². The van der Waals surface area contributed by atoms with Gasteiger partial charge >= 0.3 is 5.97 Å². The summed E-state index contributed by atoms with van der Waals surface area (Å²) in [5.41, 5.74) is 3.87. The third-order valence-electron chi connectivity index (χ3n) is 4.02. The minimum atomic E-state index is -0.127. The Hall–Kier alpha value is -1.64. The van der Waals surface area contributed by atoms with E-state index in [2.05, 4.69) is 43.5 Å². The van der Waals surface area contributed by atoms with Crippen LogP contribution in [0.1, 0.15) is 39.7 Å². The van der Waals surface area contributed by atoms with Crippen LogP contribution in [0.2, 0.25) is 0 Å². The molecule has 0 radical (unpaired) electrons. The second-order valence-corrected chi connectivity index (χ2v) is 5.43. The van der Waals surface area contributed by atoms with Crippen LogP contribution in [0.25, 0.3) is 0 Å². The molecule has 0 bridgehead atoms. The molecular formula is C16H22NO2+. The van der Waals surface area contributed by atoms with Crippen LogP contribution < -0.4 is 0 Å². The first-order chi connectivity index (χ1) is 8.98. The number of hydrogen-bond acceptors (Lipinski definition) is 2. The van der Waals surface area contributed by atoms with Crippen LogP contribution in [0, 0.1) is 0 Å². The second-order valence-electron chi connectivity index (χ2n) is 5.43. The zero-order valence-electron chi connectivity index (χ0n) is 12.2. The van der Waals surface area contributed by atoms with Gasteiger partial charge in [-0.2, -0.15) is 4.58 Å². The molecule has 3 heteroatoms. The zero-order chi connectivity index (χ0) is 14.0. The maximum absolute atomic E-state index is 11.5. The Bertz CT molecular complexity index is 529. The molecule has 3 nitrogen and oxygen atoms in total. The quantitative estimate of drug-likeness (QED) is 0.615. The van der Waals surface area contributed by atoms with Crippen molar-refractivity contribution in [1.82, 2.24) is 0 Å². The van der Waals surface area contributed by atoms with Crippen molar-refractivity contribution in [3.8, 4) is 0 Å². The number of carbonyl (C=O) groups is 1. The van der Waals surface area contributed by atoms with Crippen molar-refractivity contribution in [2.75, 3.05) is 13.2 Å². The van der Waals surface area contributed by atoms with E-state index in [1.54, 1.807) is 0 Å². The summed E-state index contributed by atoms with van der Waals surface area (Å²) < 4.78 is 7.24. The van der Waals surface area contributed by atoms with E-state index in [1.807, 2.05) is 13.0 Å². The van der Waals surface area contributed by atoms with Gasteiger partial charge in [0.1, 0.15) is 6.42 Å². The Morgan fingerprint density at radius 3 is 2.68 bits per heavy atom. The third kappa shape index (κ3) is 2.42. The molecule has 0 saturated heterocycles. The molecule has 1 aliphatic heterocycles. The number of nitrogens with zero attached hydrogens (tertiary/aromatic N) is 1. The first-order valence-corrected chi connectivity index (χ1v) is 6.85. The summed E-state index contributed by atoms with van der Waals surface area (Å²) in [6.45, 7) is 9.57. The average Bonchev–Trinajstić information content (AvgIpc) is 2.57. The van der Waals surface area contributed by atoms with Gasteiger partial charge in [0.05, 0.1) is 12.0 Å². The molecule has 0 spiro atoms. The van der Waals surface area contributed by atoms with Crippen molar-refractivity contribution < 1.29 is 14.1 Å². The highest BCUT2D eigenvalue weighted by molar-refractivity contribution is 5.93. The van der Waals surface area contributed by atoms with E-state index in [0.29, 0.717) is 19.6 Å². The highest BCUT2D eigenvalue weighted by Crippen LogP contribution is 2.39. The van der Waals surface area contributed by atoms with E-state index < -0.39 is 0 Å². The summed E-state index contributed by atoms with van der Waals surface area (Å²) in [5.74, 6) is -0.127. The molecule has 2 rings (SSSR count). The monoisotopic (exact) mass is 260 g/mol. The van der Waals surface area contributed by atoms with Crippen molar-refractivity contribution in [2.45, 2.75) is 39.5 Å². The van der Waals surface area contributed by atoms with Gasteiger partial charge in [-0.1, -0.05) is 18.2 Å². The maximum atomic E-state index is 11.5. The van der Waals surface area contributed by atoms with Crippen LogP contribution >= 0.6 is 0 Å². The normalized spacial score (nSPS) is 16.4. The largest absolute Gasteiger partial charge is 0.466 e. The summed E-state index contributed by atoms with van der Waals surface area (Å²) in [6.07, 6.45) is 0.426. The Labute approximate surface area is 114 Å². The molecule has 1 aromatic rings. The van der Waals surface area contributed by atoms with E-state index in [-0.39, 0.29) is 11.4 Å². The lowest BCUT2D eigenvalue weighted by Crippen LogP contribution is -2.27. The second kappa shape index (κ2) is 5.16. The number of carbonyl (C=O) groups excluding carboxylic acids is 1. The standard InChI is InChI=1S/C16H22NO2/c1-5-19-15(18)10-11-17-12(2)16(3,4)13-8-6-7-9-14(13)17/h6-9H,5,10-11H2,1-4H3/q+1. The van der Waals surface area contributed by atoms with Gasteiger partial charge in [-0.05, 0) is 20.8 Å². The maximum Gasteiger partial charge on any atom is 0.312 e. The van der Waals surface area contributed by atoms with Crippen molar-refractivity contribution >= 4 is 17.4 Å². The molecule has 0 atom stereocenters. The van der Waals surface area contributed by atoms with Crippen LogP contribution in [-0.4, -0.2) is 29.4 Å². The molecule has 0 saturated carbocycles. The molecule has 102 valence electrons. The highest BCUT2D eigenvalue weighted by atomic mass is 16.5. The molecule has 19 heavy (non-hydrogen) atoms. The molecule has 0 N–H and O–H groups in total. The van der Waals surface area contributed by atoms with Crippen LogP contribution in [0.3, 0.4) is 0 Å². The van der Waals surface area contributed by atoms with Gasteiger partial charge in [-0.15, -0.1) is 0 Å². The summed E-state index contributed by atoms with van der Waals surface area (Å²) in [6, 6.07) is 8.41. The molecule has 0 aromatic heterocycles. The molecule has 1 heterocycles. The number of ether oxygens (including phenoxy) is 1. The van der Waals surface area contributed by atoms with E-state index >= 15 is 0 Å². The molecular weight excluding hydrogens is 238 g/mol. The fraction of sp³-hybridized carbons (Fsp3) is 0.500. The first-order valence-electron chi connectivity index (χ1n) is 6.85. The number of fused-ring (bicyclic) bond motifs is 1. The molecule has 1 aromatic carbocycles. The summed E-state index contributed by atoms with van der Waals surface area (Å²) in [5, 5.41) is 0. The Morgan fingerprint density at radius 1 is 1.32 bits per heavy atom. The van der Waals surface area contributed by atoms with Crippen LogP contribution in [0.5, 0.6) is 0 Å². The number of rotatable bonds is 4. The highest BCUT2D eigenvalue weighted by Gasteiger charge is 2.42. The lowest BCUT2D eigenvalue weighted by atomic mass is 9.82. The van der Waals surface area contributed by atoms with E-state index in [1.165, 1.54) is 17.0 Å². The van der Waals surface area contributed by atoms with Gasteiger partial charge in [0.25, 0.3) is 0 Å². The topological polar surface area (TPSA) is 29.3 Å². The summed E-state index contributed by atoms with van der Waals surface area (Å²) >= 11 is 0.